The molecular formula is C15H25N3O2. The van der Waals surface area contributed by atoms with Crippen molar-refractivity contribution in [1.29, 1.82) is 0 Å². The Kier molecular flexibility index (Phi) is 6.44. The molecule has 1 aromatic heterocycles. The van der Waals surface area contributed by atoms with Gasteiger partial charge in [-0.2, -0.15) is 0 Å². The first-order chi connectivity index (χ1) is 9.88. The van der Waals surface area contributed by atoms with E-state index in [0.29, 0.717) is 6.54 Å². The number of rotatable bonds is 9. The van der Waals surface area contributed by atoms with Crippen molar-refractivity contribution in [3.05, 3.63) is 24.2 Å². The molecule has 0 unspecified atom stereocenters. The van der Waals surface area contributed by atoms with Gasteiger partial charge in [0.05, 0.1) is 6.26 Å². The Bertz CT molecular complexity index is 386. The first-order valence-corrected chi connectivity index (χ1v) is 7.50. The number of aliphatic imine (C=N–C) groups is 1. The maximum absolute atomic E-state index is 5.60. The van der Waals surface area contributed by atoms with Crippen molar-refractivity contribution in [1.82, 2.24) is 10.6 Å². The third kappa shape index (κ3) is 6.10. The van der Waals surface area contributed by atoms with Crippen LogP contribution < -0.4 is 10.6 Å². The SMILES string of the molecule is CCNC(=NCc1ccco1)NCCCOCC1CC1. The van der Waals surface area contributed by atoms with Crippen molar-refractivity contribution in [2.24, 2.45) is 10.9 Å². The van der Waals surface area contributed by atoms with Crippen LogP contribution in [0.4, 0.5) is 0 Å². The lowest BCUT2D eigenvalue weighted by Gasteiger charge is -2.11. The molecule has 1 heterocycles. The molecule has 5 nitrogen and oxygen atoms in total. The summed E-state index contributed by atoms with van der Waals surface area (Å²) in [7, 11) is 0. The lowest BCUT2D eigenvalue weighted by molar-refractivity contribution is 0.123. The summed E-state index contributed by atoms with van der Waals surface area (Å²) in [4.78, 5) is 4.47. The van der Waals surface area contributed by atoms with Crippen LogP contribution in [0.2, 0.25) is 0 Å². The Morgan fingerprint density at radius 1 is 1.45 bits per heavy atom. The molecule has 112 valence electrons. The Balaban J connectivity index is 1.59. The van der Waals surface area contributed by atoms with Crippen molar-refractivity contribution in [3.8, 4) is 0 Å². The van der Waals surface area contributed by atoms with E-state index in [1.165, 1.54) is 12.8 Å². The van der Waals surface area contributed by atoms with Gasteiger partial charge in [0.1, 0.15) is 12.3 Å². The van der Waals surface area contributed by atoms with Crippen molar-refractivity contribution in [2.45, 2.75) is 32.7 Å². The zero-order valence-electron chi connectivity index (χ0n) is 12.2. The van der Waals surface area contributed by atoms with Crippen molar-refractivity contribution < 1.29 is 9.15 Å². The molecule has 0 aliphatic heterocycles. The lowest BCUT2D eigenvalue weighted by Crippen LogP contribution is -2.38. The average molecular weight is 279 g/mol. The molecule has 1 saturated carbocycles. The highest BCUT2D eigenvalue weighted by molar-refractivity contribution is 5.79. The maximum Gasteiger partial charge on any atom is 0.191 e. The molecule has 20 heavy (non-hydrogen) atoms. The van der Waals surface area contributed by atoms with Crippen LogP contribution in [-0.4, -0.2) is 32.3 Å². The summed E-state index contributed by atoms with van der Waals surface area (Å²) >= 11 is 0. The number of ether oxygens (including phenoxy) is 1. The summed E-state index contributed by atoms with van der Waals surface area (Å²) in [6, 6.07) is 3.81. The molecule has 0 atom stereocenters. The van der Waals surface area contributed by atoms with E-state index >= 15 is 0 Å². The predicted molar refractivity (Wildman–Crippen MR) is 79.7 cm³/mol. The van der Waals surface area contributed by atoms with Gasteiger partial charge in [-0.3, -0.25) is 0 Å². The fourth-order valence-electron chi connectivity index (χ4n) is 1.82. The van der Waals surface area contributed by atoms with Gasteiger partial charge in [-0.15, -0.1) is 0 Å². The predicted octanol–water partition coefficient (Wildman–Crippen LogP) is 2.15. The second-order valence-corrected chi connectivity index (χ2v) is 5.07. The fraction of sp³-hybridized carbons (Fsp3) is 0.667. The van der Waals surface area contributed by atoms with Gasteiger partial charge in [0.15, 0.2) is 5.96 Å². The van der Waals surface area contributed by atoms with Crippen LogP contribution >= 0.6 is 0 Å². The molecule has 2 N–H and O–H groups in total. The highest BCUT2D eigenvalue weighted by Gasteiger charge is 2.20. The van der Waals surface area contributed by atoms with Gasteiger partial charge in [-0.25, -0.2) is 4.99 Å². The Morgan fingerprint density at radius 3 is 3.05 bits per heavy atom. The van der Waals surface area contributed by atoms with E-state index in [1.807, 2.05) is 12.1 Å². The van der Waals surface area contributed by atoms with Gasteiger partial charge in [-0.05, 0) is 44.2 Å². The van der Waals surface area contributed by atoms with E-state index in [4.69, 9.17) is 9.15 Å². The second kappa shape index (κ2) is 8.64. The zero-order valence-corrected chi connectivity index (χ0v) is 12.2. The number of nitrogens with one attached hydrogen (secondary N) is 2. The lowest BCUT2D eigenvalue weighted by atomic mass is 10.4. The molecule has 1 fully saturated rings. The minimum absolute atomic E-state index is 0.556. The maximum atomic E-state index is 5.60. The summed E-state index contributed by atoms with van der Waals surface area (Å²) in [6.07, 6.45) is 5.37. The molecule has 0 amide bonds. The fourth-order valence-corrected chi connectivity index (χ4v) is 1.82. The first kappa shape index (κ1) is 14.9. The average Bonchev–Trinajstić information content (AvgIpc) is 3.13. The number of nitrogens with zero attached hydrogens (tertiary/aromatic N) is 1. The number of furan rings is 1. The summed E-state index contributed by atoms with van der Waals surface area (Å²) in [5, 5.41) is 6.52. The zero-order chi connectivity index (χ0) is 14.0. The van der Waals surface area contributed by atoms with E-state index in [2.05, 4.69) is 22.5 Å². The van der Waals surface area contributed by atoms with Crippen LogP contribution in [0.3, 0.4) is 0 Å². The van der Waals surface area contributed by atoms with Crippen molar-refractivity contribution in [3.63, 3.8) is 0 Å². The minimum Gasteiger partial charge on any atom is -0.467 e. The Labute approximate surface area is 120 Å². The Morgan fingerprint density at radius 2 is 2.35 bits per heavy atom. The molecule has 0 radical (unpaired) electrons. The molecule has 2 rings (SSSR count). The van der Waals surface area contributed by atoms with Crippen LogP contribution in [0, 0.1) is 5.92 Å². The van der Waals surface area contributed by atoms with Gasteiger partial charge < -0.3 is 19.8 Å². The van der Waals surface area contributed by atoms with Crippen LogP contribution in [0.5, 0.6) is 0 Å². The summed E-state index contributed by atoms with van der Waals surface area (Å²) < 4.78 is 10.9. The quantitative estimate of drug-likeness (QED) is 0.413. The standard InChI is InChI=1S/C15H25N3O2/c1-2-16-15(18-11-14-5-3-10-20-14)17-8-4-9-19-12-13-6-7-13/h3,5,10,13H,2,4,6-9,11-12H2,1H3,(H2,16,17,18). The van der Waals surface area contributed by atoms with Crippen molar-refractivity contribution >= 4 is 5.96 Å². The van der Waals surface area contributed by atoms with E-state index in [-0.39, 0.29) is 0 Å². The van der Waals surface area contributed by atoms with E-state index in [1.54, 1.807) is 6.26 Å². The highest BCUT2D eigenvalue weighted by atomic mass is 16.5. The second-order valence-electron chi connectivity index (χ2n) is 5.07. The van der Waals surface area contributed by atoms with E-state index < -0.39 is 0 Å². The topological polar surface area (TPSA) is 58.8 Å². The molecular weight excluding hydrogens is 254 g/mol. The number of hydrogen-bond donors (Lipinski definition) is 2. The van der Waals surface area contributed by atoms with Gasteiger partial charge in [0.2, 0.25) is 0 Å². The largest absolute Gasteiger partial charge is 0.467 e. The summed E-state index contributed by atoms with van der Waals surface area (Å²) in [5.74, 6) is 2.54. The summed E-state index contributed by atoms with van der Waals surface area (Å²) in [5.41, 5.74) is 0. The molecule has 1 aliphatic carbocycles. The normalized spacial score (nSPS) is 15.3. The third-order valence-corrected chi connectivity index (χ3v) is 3.13. The summed E-state index contributed by atoms with van der Waals surface area (Å²) in [6.45, 7) is 6.09. The van der Waals surface area contributed by atoms with Gasteiger partial charge >= 0.3 is 0 Å². The third-order valence-electron chi connectivity index (χ3n) is 3.13. The molecule has 0 spiro atoms. The Hall–Kier alpha value is -1.49. The van der Waals surface area contributed by atoms with Crippen molar-refractivity contribution in [2.75, 3.05) is 26.3 Å². The van der Waals surface area contributed by atoms with Crippen LogP contribution in [0.25, 0.3) is 0 Å². The minimum atomic E-state index is 0.556. The van der Waals surface area contributed by atoms with Crippen LogP contribution in [-0.2, 0) is 11.3 Å². The molecule has 5 heteroatoms. The van der Waals surface area contributed by atoms with Gasteiger partial charge in [0.25, 0.3) is 0 Å². The molecule has 0 aromatic carbocycles. The number of hydrogen-bond acceptors (Lipinski definition) is 3. The van der Waals surface area contributed by atoms with Crippen LogP contribution in [0.1, 0.15) is 31.9 Å². The smallest absolute Gasteiger partial charge is 0.191 e. The van der Waals surface area contributed by atoms with E-state index in [0.717, 1.165) is 50.4 Å². The molecule has 0 bridgehead atoms. The first-order valence-electron chi connectivity index (χ1n) is 7.50. The van der Waals surface area contributed by atoms with E-state index in [9.17, 15) is 0 Å². The van der Waals surface area contributed by atoms with Gasteiger partial charge in [0, 0.05) is 26.3 Å². The number of guanidine groups is 1. The van der Waals surface area contributed by atoms with Gasteiger partial charge in [-0.1, -0.05) is 0 Å². The molecule has 0 saturated heterocycles. The molecule has 1 aromatic rings. The van der Waals surface area contributed by atoms with Crippen LogP contribution in [0.15, 0.2) is 27.8 Å². The monoisotopic (exact) mass is 279 g/mol. The molecule has 1 aliphatic rings. The highest BCUT2D eigenvalue weighted by Crippen LogP contribution is 2.28.